The van der Waals surface area contributed by atoms with Gasteiger partial charge in [-0.2, -0.15) is 5.10 Å². The van der Waals surface area contributed by atoms with E-state index in [0.717, 1.165) is 18.4 Å². The van der Waals surface area contributed by atoms with Crippen LogP contribution in [0.15, 0.2) is 6.20 Å². The van der Waals surface area contributed by atoms with Gasteiger partial charge in [0.2, 0.25) is 11.8 Å². The van der Waals surface area contributed by atoms with E-state index in [1.807, 2.05) is 0 Å². The van der Waals surface area contributed by atoms with Gasteiger partial charge in [0.05, 0.1) is 0 Å². The van der Waals surface area contributed by atoms with Crippen molar-refractivity contribution in [3.05, 3.63) is 11.8 Å². The highest BCUT2D eigenvalue weighted by Gasteiger charge is 2.47. The Kier molecular flexibility index (Phi) is 2.48. The summed E-state index contributed by atoms with van der Waals surface area (Å²) in [4.78, 5) is 25.8. The molecule has 1 saturated heterocycles. The van der Waals surface area contributed by atoms with Crippen LogP contribution in [0.2, 0.25) is 0 Å². The number of nitrogens with two attached hydrogens (primary N) is 1. The third-order valence-corrected chi connectivity index (χ3v) is 3.89. The first-order chi connectivity index (χ1) is 8.61. The lowest BCUT2D eigenvalue weighted by Crippen LogP contribution is -2.47. The van der Waals surface area contributed by atoms with Crippen LogP contribution in [0, 0.1) is 11.8 Å². The van der Waals surface area contributed by atoms with E-state index in [4.69, 9.17) is 5.73 Å². The molecular formula is C12H16N4O2. The molecule has 1 aromatic rings. The summed E-state index contributed by atoms with van der Waals surface area (Å²) in [6.45, 7) is 0.273. The zero-order valence-electron chi connectivity index (χ0n) is 10.3. The number of amides is 2. The van der Waals surface area contributed by atoms with E-state index in [9.17, 15) is 9.59 Å². The number of nitrogens with zero attached hydrogens (tertiary/aromatic N) is 3. The lowest BCUT2D eigenvalue weighted by molar-refractivity contribution is -0.133. The summed E-state index contributed by atoms with van der Waals surface area (Å²) in [5.74, 6) is 0.177. The van der Waals surface area contributed by atoms with E-state index < -0.39 is 0 Å². The average Bonchev–Trinajstić information content (AvgIpc) is 2.93. The van der Waals surface area contributed by atoms with E-state index in [0.29, 0.717) is 12.2 Å². The average molecular weight is 248 g/mol. The fraction of sp³-hybridized carbons (Fsp3) is 0.583. The Morgan fingerprint density at radius 3 is 2.50 bits per heavy atom. The van der Waals surface area contributed by atoms with Crippen LogP contribution in [0.5, 0.6) is 0 Å². The second-order valence-electron chi connectivity index (χ2n) is 5.07. The number of hydrogen-bond acceptors (Lipinski definition) is 4. The van der Waals surface area contributed by atoms with Crippen molar-refractivity contribution in [1.29, 1.82) is 0 Å². The van der Waals surface area contributed by atoms with E-state index in [-0.39, 0.29) is 30.2 Å². The minimum atomic E-state index is -0.109. The minimum absolute atomic E-state index is 0.0136. The molecule has 18 heavy (non-hydrogen) atoms. The van der Waals surface area contributed by atoms with Crippen molar-refractivity contribution in [2.24, 2.45) is 24.6 Å². The molecule has 2 fully saturated rings. The maximum atomic E-state index is 12.3. The predicted molar refractivity (Wildman–Crippen MR) is 64.4 cm³/mol. The Labute approximate surface area is 105 Å². The van der Waals surface area contributed by atoms with Gasteiger partial charge in [-0.1, -0.05) is 0 Å². The largest absolute Gasteiger partial charge is 0.326 e. The van der Waals surface area contributed by atoms with E-state index in [2.05, 4.69) is 5.10 Å². The first kappa shape index (κ1) is 11.4. The Morgan fingerprint density at radius 1 is 1.33 bits per heavy atom. The van der Waals surface area contributed by atoms with Crippen LogP contribution in [0.25, 0.3) is 0 Å². The first-order valence-corrected chi connectivity index (χ1v) is 6.22. The molecule has 0 aromatic carbocycles. The molecule has 1 aliphatic carbocycles. The van der Waals surface area contributed by atoms with Gasteiger partial charge in [0.25, 0.3) is 0 Å². The summed E-state index contributed by atoms with van der Waals surface area (Å²) in [6, 6.07) is 0. The van der Waals surface area contributed by atoms with Crippen LogP contribution in [0.1, 0.15) is 24.8 Å². The van der Waals surface area contributed by atoms with Gasteiger partial charge in [0.15, 0.2) is 5.82 Å². The highest BCUT2D eigenvalue weighted by Crippen LogP contribution is 2.40. The first-order valence-electron chi connectivity index (χ1n) is 6.22. The Hall–Kier alpha value is -1.69. The minimum Gasteiger partial charge on any atom is -0.326 e. The van der Waals surface area contributed by atoms with Gasteiger partial charge in [0, 0.05) is 37.2 Å². The molecule has 0 spiro atoms. The molecule has 2 N–H and O–H groups in total. The van der Waals surface area contributed by atoms with Crippen molar-refractivity contribution in [1.82, 2.24) is 9.78 Å². The SMILES string of the molecule is Cn1cc(CN)c(N2C(=O)C3CCC(C3)C2=O)n1. The molecule has 1 aliphatic heterocycles. The van der Waals surface area contributed by atoms with Gasteiger partial charge in [-0.05, 0) is 19.3 Å². The lowest BCUT2D eigenvalue weighted by atomic mass is 9.97. The molecule has 1 saturated carbocycles. The Bertz CT molecular complexity index is 500. The molecule has 2 bridgehead atoms. The zero-order chi connectivity index (χ0) is 12.9. The van der Waals surface area contributed by atoms with E-state index in [1.54, 1.807) is 17.9 Å². The van der Waals surface area contributed by atoms with Gasteiger partial charge in [-0.3, -0.25) is 14.3 Å². The number of fused-ring (bicyclic) bond motifs is 2. The van der Waals surface area contributed by atoms with Crippen LogP contribution >= 0.6 is 0 Å². The molecule has 2 unspecified atom stereocenters. The number of aryl methyl sites for hydroxylation is 1. The topological polar surface area (TPSA) is 81.2 Å². The van der Waals surface area contributed by atoms with Crippen LogP contribution in [0.3, 0.4) is 0 Å². The third-order valence-electron chi connectivity index (χ3n) is 3.89. The summed E-state index contributed by atoms with van der Waals surface area (Å²) in [7, 11) is 1.76. The molecule has 96 valence electrons. The molecule has 2 atom stereocenters. The van der Waals surface area contributed by atoms with Crippen molar-refractivity contribution < 1.29 is 9.59 Å². The van der Waals surface area contributed by atoms with E-state index in [1.165, 1.54) is 4.90 Å². The van der Waals surface area contributed by atoms with Gasteiger partial charge in [-0.15, -0.1) is 0 Å². The molecule has 3 rings (SSSR count). The van der Waals surface area contributed by atoms with Gasteiger partial charge in [0.1, 0.15) is 0 Å². The van der Waals surface area contributed by atoms with Gasteiger partial charge < -0.3 is 5.73 Å². The van der Waals surface area contributed by atoms with Crippen molar-refractivity contribution in [3.8, 4) is 0 Å². The van der Waals surface area contributed by atoms with Gasteiger partial charge in [-0.25, -0.2) is 4.90 Å². The molecule has 6 heteroatoms. The number of carbonyl (C=O) groups excluding carboxylic acids is 2. The fourth-order valence-electron chi connectivity index (χ4n) is 2.97. The van der Waals surface area contributed by atoms with Crippen molar-refractivity contribution in [3.63, 3.8) is 0 Å². The van der Waals surface area contributed by atoms with Crippen LogP contribution in [-0.4, -0.2) is 21.6 Å². The number of anilines is 1. The van der Waals surface area contributed by atoms with Crippen molar-refractivity contribution in [2.45, 2.75) is 25.8 Å². The van der Waals surface area contributed by atoms with Crippen LogP contribution in [-0.2, 0) is 23.2 Å². The standard InChI is InChI=1S/C12H16N4O2/c1-15-6-9(5-13)10(14-15)16-11(17)7-2-3-8(4-7)12(16)18/h6-8H,2-5,13H2,1H3. The Morgan fingerprint density at radius 2 is 1.94 bits per heavy atom. The maximum Gasteiger partial charge on any atom is 0.238 e. The summed E-state index contributed by atoms with van der Waals surface area (Å²) in [5, 5.41) is 4.22. The zero-order valence-corrected chi connectivity index (χ0v) is 10.3. The highest BCUT2D eigenvalue weighted by molar-refractivity contribution is 6.18. The van der Waals surface area contributed by atoms with E-state index >= 15 is 0 Å². The monoisotopic (exact) mass is 248 g/mol. The Balaban J connectivity index is 2.04. The van der Waals surface area contributed by atoms with Crippen molar-refractivity contribution in [2.75, 3.05) is 4.90 Å². The fourth-order valence-corrected chi connectivity index (χ4v) is 2.97. The normalized spacial score (nSPS) is 27.1. The number of rotatable bonds is 2. The number of hydrogen-bond donors (Lipinski definition) is 1. The van der Waals surface area contributed by atoms with Gasteiger partial charge >= 0.3 is 0 Å². The molecule has 1 aromatic heterocycles. The summed E-state index contributed by atoms with van der Waals surface area (Å²) in [6.07, 6.45) is 4.10. The lowest BCUT2D eigenvalue weighted by Gasteiger charge is -2.28. The molecule has 2 amide bonds. The molecule has 2 aliphatic rings. The smallest absolute Gasteiger partial charge is 0.238 e. The summed E-state index contributed by atoms with van der Waals surface area (Å²) in [5.41, 5.74) is 6.38. The van der Waals surface area contributed by atoms with Crippen molar-refractivity contribution >= 4 is 17.6 Å². The number of aromatic nitrogens is 2. The molecule has 0 radical (unpaired) electrons. The maximum absolute atomic E-state index is 12.3. The number of imide groups is 1. The summed E-state index contributed by atoms with van der Waals surface area (Å²) < 4.78 is 1.59. The van der Waals surface area contributed by atoms with Crippen LogP contribution in [0.4, 0.5) is 5.82 Å². The number of piperidine rings is 1. The second kappa shape index (κ2) is 3.91. The van der Waals surface area contributed by atoms with Crippen LogP contribution < -0.4 is 10.6 Å². The second-order valence-corrected chi connectivity index (χ2v) is 5.07. The number of carbonyl (C=O) groups is 2. The molecule has 6 nitrogen and oxygen atoms in total. The summed E-state index contributed by atoms with van der Waals surface area (Å²) >= 11 is 0. The highest BCUT2D eigenvalue weighted by atomic mass is 16.2. The molecule has 2 heterocycles. The quantitative estimate of drug-likeness (QED) is 0.756. The third kappa shape index (κ3) is 1.49. The predicted octanol–water partition coefficient (Wildman–Crippen LogP) is 0.168. The molecular weight excluding hydrogens is 232 g/mol.